The molecule has 1 aliphatic carbocycles. The summed E-state index contributed by atoms with van der Waals surface area (Å²) < 4.78 is 12.9. The van der Waals surface area contributed by atoms with E-state index in [0.717, 1.165) is 67.9 Å². The summed E-state index contributed by atoms with van der Waals surface area (Å²) in [7, 11) is 1.76. The average molecular weight is 663 g/mol. The van der Waals surface area contributed by atoms with Crippen LogP contribution in [0.25, 0.3) is 11.0 Å². The number of anilines is 1. The minimum absolute atomic E-state index is 0. The highest BCUT2D eigenvalue weighted by molar-refractivity contribution is 6.28. The van der Waals surface area contributed by atoms with E-state index in [4.69, 9.17) is 21.1 Å². The van der Waals surface area contributed by atoms with Crippen molar-refractivity contribution in [3.8, 4) is 5.75 Å². The van der Waals surface area contributed by atoms with Gasteiger partial charge in [0.05, 0.1) is 31.3 Å². The molecule has 1 saturated heterocycles. The molecule has 0 radical (unpaired) electrons. The predicted molar refractivity (Wildman–Crippen MR) is 182 cm³/mol. The van der Waals surface area contributed by atoms with E-state index < -0.39 is 0 Å². The summed E-state index contributed by atoms with van der Waals surface area (Å²) in [6.45, 7) is 15.5. The van der Waals surface area contributed by atoms with Crippen molar-refractivity contribution in [3.63, 3.8) is 0 Å². The first kappa shape index (κ1) is 35.2. The number of hydrogen-bond donors (Lipinski definition) is 0. The monoisotopic (exact) mass is 661 g/mol. The number of nitrogens with zero attached hydrogens (tertiary/aromatic N) is 7. The Labute approximate surface area is 278 Å². The van der Waals surface area contributed by atoms with Crippen LogP contribution in [0.15, 0.2) is 30.5 Å². The lowest BCUT2D eigenvalue weighted by Crippen LogP contribution is -2.51. The molecule has 0 bridgehead atoms. The van der Waals surface area contributed by atoms with E-state index in [1.165, 1.54) is 0 Å². The zero-order valence-electron chi connectivity index (χ0n) is 27.4. The fourth-order valence-corrected chi connectivity index (χ4v) is 6.71. The van der Waals surface area contributed by atoms with Crippen molar-refractivity contribution in [2.75, 3.05) is 64.5 Å². The van der Waals surface area contributed by atoms with Gasteiger partial charge in [-0.3, -0.25) is 9.69 Å². The van der Waals surface area contributed by atoms with Gasteiger partial charge in [-0.1, -0.05) is 12.1 Å². The number of carbonyl (C=O) groups is 1. The van der Waals surface area contributed by atoms with Crippen LogP contribution in [0.3, 0.4) is 0 Å². The zero-order chi connectivity index (χ0) is 31.3. The largest absolute Gasteiger partial charge is 0.494 e. The Kier molecular flexibility index (Phi) is 12.3. The standard InChI is InChI=1S/C33H48ClN7O3.ClH/c1-6-44-27-9-7-8-25(20-27)23-41-30-28(21-35-41)29(36-32(34)37-30)38-14-16-39(17-15-38)31(42)26-12-10-24(11-13-26)22-40(18-19-43-5)33(2,3)4;/h7-9,20-21,24,26H,6,10-19,22-23H2,1-5H3;1H/t24-,26-;. The van der Waals surface area contributed by atoms with Crippen LogP contribution in [-0.4, -0.2) is 101 Å². The molecule has 248 valence electrons. The van der Waals surface area contributed by atoms with E-state index >= 15 is 0 Å². The molecule has 1 saturated carbocycles. The van der Waals surface area contributed by atoms with Crippen molar-refractivity contribution in [1.29, 1.82) is 0 Å². The summed E-state index contributed by atoms with van der Waals surface area (Å²) >= 11 is 6.43. The highest BCUT2D eigenvalue weighted by Crippen LogP contribution is 2.33. The molecule has 0 atom stereocenters. The number of halogens is 2. The Hall–Kier alpha value is -2.66. The smallest absolute Gasteiger partial charge is 0.226 e. The molecule has 0 unspecified atom stereocenters. The molecule has 1 aliphatic heterocycles. The molecule has 5 rings (SSSR count). The van der Waals surface area contributed by atoms with Gasteiger partial charge in [0, 0.05) is 57.8 Å². The number of amides is 1. The van der Waals surface area contributed by atoms with E-state index in [2.05, 4.69) is 50.5 Å². The number of aromatic nitrogens is 4. The van der Waals surface area contributed by atoms with Gasteiger partial charge in [-0.25, -0.2) is 4.68 Å². The summed E-state index contributed by atoms with van der Waals surface area (Å²) in [6.07, 6.45) is 5.97. The number of hydrogen-bond acceptors (Lipinski definition) is 8. The normalized spacial score (nSPS) is 19.2. The van der Waals surface area contributed by atoms with Crippen LogP contribution in [-0.2, 0) is 16.1 Å². The van der Waals surface area contributed by atoms with Crippen molar-refractivity contribution >= 4 is 46.8 Å². The molecule has 2 aromatic heterocycles. The number of carbonyl (C=O) groups excluding carboxylic acids is 1. The van der Waals surface area contributed by atoms with Crippen LogP contribution in [0.1, 0.15) is 58.9 Å². The first-order valence-corrected chi connectivity index (χ1v) is 16.4. The Bertz CT molecular complexity index is 1400. The van der Waals surface area contributed by atoms with Gasteiger partial charge >= 0.3 is 0 Å². The second-order valence-corrected chi connectivity index (χ2v) is 13.4. The molecule has 0 N–H and O–H groups in total. The molecule has 2 fully saturated rings. The molecular formula is C33H49Cl2N7O3. The fourth-order valence-electron chi connectivity index (χ4n) is 6.55. The van der Waals surface area contributed by atoms with Crippen LogP contribution in [0.5, 0.6) is 5.75 Å². The summed E-state index contributed by atoms with van der Waals surface area (Å²) in [5.74, 6) is 2.67. The van der Waals surface area contributed by atoms with E-state index in [-0.39, 0.29) is 29.1 Å². The summed E-state index contributed by atoms with van der Waals surface area (Å²) in [5, 5.41) is 5.69. The molecule has 1 aromatic carbocycles. The number of piperazine rings is 1. The van der Waals surface area contributed by atoms with Crippen LogP contribution in [0.4, 0.5) is 5.82 Å². The SMILES string of the molecule is CCOc1cccc(Cn2ncc3c(N4CCN(C(=O)[C@H]5CC[C@H](CN(CCOC)C(C)(C)C)CC5)CC4)nc(Cl)nc32)c1.Cl. The molecule has 3 heterocycles. The number of rotatable bonds is 11. The molecule has 45 heavy (non-hydrogen) atoms. The van der Waals surface area contributed by atoms with Crippen LogP contribution >= 0.6 is 24.0 Å². The Morgan fingerprint density at radius 1 is 1.09 bits per heavy atom. The van der Waals surface area contributed by atoms with E-state index in [0.29, 0.717) is 56.8 Å². The maximum absolute atomic E-state index is 13.5. The van der Waals surface area contributed by atoms with Gasteiger partial charge in [0.15, 0.2) is 5.65 Å². The van der Waals surface area contributed by atoms with Gasteiger partial charge in [0.25, 0.3) is 0 Å². The topological polar surface area (TPSA) is 88.9 Å². The van der Waals surface area contributed by atoms with Crippen molar-refractivity contribution in [2.45, 2.75) is 65.5 Å². The molecular weight excluding hydrogens is 613 g/mol. The Balaban J connectivity index is 0.00000461. The van der Waals surface area contributed by atoms with Crippen molar-refractivity contribution in [2.24, 2.45) is 11.8 Å². The number of benzene rings is 1. The first-order valence-electron chi connectivity index (χ1n) is 16.0. The lowest BCUT2D eigenvalue weighted by molar-refractivity contribution is -0.137. The maximum Gasteiger partial charge on any atom is 0.226 e. The lowest BCUT2D eigenvalue weighted by atomic mass is 9.80. The molecule has 2 aliphatic rings. The van der Waals surface area contributed by atoms with Crippen molar-refractivity contribution in [1.82, 2.24) is 29.5 Å². The number of methoxy groups -OCH3 is 1. The van der Waals surface area contributed by atoms with Gasteiger partial charge in [-0.05, 0) is 88.6 Å². The van der Waals surface area contributed by atoms with Crippen molar-refractivity contribution in [3.05, 3.63) is 41.3 Å². The van der Waals surface area contributed by atoms with E-state index in [9.17, 15) is 4.79 Å². The maximum atomic E-state index is 13.5. The third-order valence-electron chi connectivity index (χ3n) is 9.07. The highest BCUT2D eigenvalue weighted by atomic mass is 35.5. The second kappa shape index (κ2) is 15.8. The lowest BCUT2D eigenvalue weighted by Gasteiger charge is -2.41. The molecule has 1 amide bonds. The molecule has 3 aromatic rings. The minimum Gasteiger partial charge on any atom is -0.494 e. The Morgan fingerprint density at radius 2 is 1.82 bits per heavy atom. The highest BCUT2D eigenvalue weighted by Gasteiger charge is 2.33. The van der Waals surface area contributed by atoms with E-state index in [1.54, 1.807) is 7.11 Å². The van der Waals surface area contributed by atoms with Gasteiger partial charge in [-0.15, -0.1) is 12.4 Å². The van der Waals surface area contributed by atoms with Crippen LogP contribution in [0, 0.1) is 11.8 Å². The number of fused-ring (bicyclic) bond motifs is 1. The minimum atomic E-state index is 0. The average Bonchev–Trinajstić information content (AvgIpc) is 3.40. The van der Waals surface area contributed by atoms with Gasteiger partial charge in [0.2, 0.25) is 11.2 Å². The van der Waals surface area contributed by atoms with Crippen LogP contribution in [0.2, 0.25) is 5.28 Å². The molecule has 12 heteroatoms. The summed E-state index contributed by atoms with van der Waals surface area (Å²) in [6, 6.07) is 8.00. The van der Waals surface area contributed by atoms with Gasteiger partial charge < -0.3 is 19.3 Å². The Morgan fingerprint density at radius 3 is 2.49 bits per heavy atom. The quantitative estimate of drug-likeness (QED) is 0.247. The third kappa shape index (κ3) is 8.78. The van der Waals surface area contributed by atoms with Crippen molar-refractivity contribution < 1.29 is 14.3 Å². The molecule has 10 nitrogen and oxygen atoms in total. The van der Waals surface area contributed by atoms with E-state index in [1.807, 2.05) is 42.1 Å². The zero-order valence-corrected chi connectivity index (χ0v) is 28.9. The fraction of sp³-hybridized carbons (Fsp3) is 0.636. The van der Waals surface area contributed by atoms with Gasteiger partial charge in [-0.2, -0.15) is 15.1 Å². The third-order valence-corrected chi connectivity index (χ3v) is 9.24. The predicted octanol–water partition coefficient (Wildman–Crippen LogP) is 5.55. The second-order valence-electron chi connectivity index (χ2n) is 13.1. The summed E-state index contributed by atoms with van der Waals surface area (Å²) in [5.41, 5.74) is 1.87. The van der Waals surface area contributed by atoms with Gasteiger partial charge in [0.1, 0.15) is 11.6 Å². The summed E-state index contributed by atoms with van der Waals surface area (Å²) in [4.78, 5) is 29.5. The molecule has 0 spiro atoms. The first-order chi connectivity index (χ1) is 21.2. The number of ether oxygens (including phenoxy) is 2. The van der Waals surface area contributed by atoms with Crippen LogP contribution < -0.4 is 9.64 Å².